The zero-order valence-corrected chi connectivity index (χ0v) is 15.4. The first-order valence-electron chi connectivity index (χ1n) is 9.02. The van der Waals surface area contributed by atoms with Gasteiger partial charge in [-0.25, -0.2) is 0 Å². The number of benzene rings is 1. The van der Waals surface area contributed by atoms with Crippen LogP contribution in [0.1, 0.15) is 5.56 Å². The molecule has 26 heavy (non-hydrogen) atoms. The molecule has 132 valence electrons. The van der Waals surface area contributed by atoms with Gasteiger partial charge in [0.05, 0.1) is 11.5 Å². The fourth-order valence-electron chi connectivity index (χ4n) is 3.76. The van der Waals surface area contributed by atoms with Crippen LogP contribution in [-0.4, -0.2) is 52.7 Å². The van der Waals surface area contributed by atoms with Crippen LogP contribution in [0.25, 0.3) is 16.2 Å². The fraction of sp³-hybridized carbons (Fsp3) is 0.250. The van der Waals surface area contributed by atoms with E-state index in [9.17, 15) is 4.79 Å². The Bertz CT molecular complexity index is 952. The lowest BCUT2D eigenvalue weighted by Crippen LogP contribution is -2.44. The first-order chi connectivity index (χ1) is 12.8. The number of hydrogen-bond donors (Lipinski definition) is 2. The molecule has 0 bridgehead atoms. The van der Waals surface area contributed by atoms with Crippen LogP contribution < -0.4 is 5.32 Å². The zero-order chi connectivity index (χ0) is 17.5. The van der Waals surface area contributed by atoms with Crippen molar-refractivity contribution in [3.05, 3.63) is 66.2 Å². The van der Waals surface area contributed by atoms with Gasteiger partial charge in [-0.3, -0.25) is 4.79 Å². The molecule has 0 saturated carbocycles. The number of rotatable bonds is 2. The van der Waals surface area contributed by atoms with E-state index in [0.29, 0.717) is 8.58 Å². The second-order valence-electron chi connectivity index (χ2n) is 6.82. The van der Waals surface area contributed by atoms with Crippen molar-refractivity contribution >= 4 is 30.7 Å². The van der Waals surface area contributed by atoms with E-state index >= 15 is 0 Å². The molecular weight excluding hydrogens is 343 g/mol. The van der Waals surface area contributed by atoms with Gasteiger partial charge < -0.3 is 20.1 Å². The molecule has 1 aromatic heterocycles. The average molecular weight is 364 g/mol. The maximum atomic E-state index is 12.8. The van der Waals surface area contributed by atoms with Crippen LogP contribution in [0.5, 0.6) is 0 Å². The van der Waals surface area contributed by atoms with Gasteiger partial charge in [0, 0.05) is 50.2 Å². The highest BCUT2D eigenvalue weighted by Gasteiger charge is 2.29. The van der Waals surface area contributed by atoms with Crippen LogP contribution in [0.3, 0.4) is 0 Å². The third-order valence-electron chi connectivity index (χ3n) is 5.19. The molecular formula is C20H21N4OP. The number of hydrogen-bond acceptors (Lipinski definition) is 3. The molecule has 2 atom stereocenters. The summed E-state index contributed by atoms with van der Waals surface area (Å²) in [6, 6.07) is 8.44. The number of H-pyrrole nitrogens is 1. The third-order valence-corrected chi connectivity index (χ3v) is 6.70. The molecule has 1 amide bonds. The third kappa shape index (κ3) is 2.77. The molecule has 5 rings (SSSR count). The van der Waals surface area contributed by atoms with Crippen LogP contribution in [0, 0.1) is 0 Å². The Kier molecular flexibility index (Phi) is 3.92. The fourth-order valence-corrected chi connectivity index (χ4v) is 5.14. The van der Waals surface area contributed by atoms with Crippen molar-refractivity contribution in [2.45, 2.75) is 5.78 Å². The Morgan fingerprint density at radius 1 is 1.15 bits per heavy atom. The molecule has 2 aromatic rings. The summed E-state index contributed by atoms with van der Waals surface area (Å²) in [7, 11) is 0.559. The Hall–Kier alpha value is -2.36. The lowest BCUT2D eigenvalue weighted by atomic mass is 10.1. The summed E-state index contributed by atoms with van der Waals surface area (Å²) in [5.41, 5.74) is 3.42. The van der Waals surface area contributed by atoms with E-state index in [0.717, 1.165) is 48.3 Å². The number of allylic oxidation sites excluding steroid dienone is 1. The Balaban J connectivity index is 1.42. The van der Waals surface area contributed by atoms with E-state index < -0.39 is 0 Å². The van der Waals surface area contributed by atoms with Crippen molar-refractivity contribution in [1.82, 2.24) is 20.1 Å². The van der Waals surface area contributed by atoms with Crippen LogP contribution in [-0.2, 0) is 4.79 Å². The summed E-state index contributed by atoms with van der Waals surface area (Å²) < 4.78 is 0. The molecule has 2 unspecified atom stereocenters. The second kappa shape index (κ2) is 6.42. The zero-order valence-electron chi connectivity index (χ0n) is 14.4. The van der Waals surface area contributed by atoms with Gasteiger partial charge in [0.15, 0.2) is 0 Å². The minimum atomic E-state index is 0.0786. The topological polar surface area (TPSA) is 51.4 Å². The van der Waals surface area contributed by atoms with Crippen LogP contribution in [0.15, 0.2) is 60.6 Å². The largest absolute Gasteiger partial charge is 0.368 e. The van der Waals surface area contributed by atoms with Crippen molar-refractivity contribution in [3.8, 4) is 0 Å². The first kappa shape index (κ1) is 15.9. The molecule has 6 heteroatoms. The standard InChI is InChI=1S/C20H21N4OP/c25-19-12-18(15-1-3-17-14(11-15)5-6-22-17)26-20-4-2-16(13-24(19)20)23-9-7-21-8-10-23/h1-6,11-13,20-22,26H,7-10H2. The van der Waals surface area contributed by atoms with E-state index in [1.54, 1.807) is 0 Å². The molecule has 4 heterocycles. The SMILES string of the molecule is O=C1C=C(c2ccc3[nH]ccc3c2)PC2C=CC(N3CCNCC3)=CN12. The predicted octanol–water partition coefficient (Wildman–Crippen LogP) is 2.67. The van der Waals surface area contributed by atoms with Crippen LogP contribution in [0.2, 0.25) is 0 Å². The molecule has 3 aliphatic rings. The van der Waals surface area contributed by atoms with Gasteiger partial charge in [0.1, 0.15) is 0 Å². The molecule has 5 nitrogen and oxygen atoms in total. The van der Waals surface area contributed by atoms with E-state index in [4.69, 9.17) is 0 Å². The Morgan fingerprint density at radius 2 is 2.04 bits per heavy atom. The van der Waals surface area contributed by atoms with Gasteiger partial charge >= 0.3 is 0 Å². The minimum absolute atomic E-state index is 0.0786. The van der Waals surface area contributed by atoms with Gasteiger partial charge in [-0.2, -0.15) is 0 Å². The lowest BCUT2D eigenvalue weighted by Gasteiger charge is -2.37. The maximum absolute atomic E-state index is 12.8. The monoisotopic (exact) mass is 364 g/mol. The number of aromatic nitrogens is 1. The summed E-state index contributed by atoms with van der Waals surface area (Å²) in [5, 5.41) is 5.69. The number of amides is 1. The molecule has 0 aliphatic carbocycles. The summed E-state index contributed by atoms with van der Waals surface area (Å²) in [4.78, 5) is 20.3. The van der Waals surface area contributed by atoms with Gasteiger partial charge in [-0.15, -0.1) is 0 Å². The molecule has 1 aromatic carbocycles. The molecule has 0 radical (unpaired) electrons. The summed E-state index contributed by atoms with van der Waals surface area (Å²) >= 11 is 0. The Labute approximate surface area is 154 Å². The molecule has 1 saturated heterocycles. The first-order valence-corrected chi connectivity index (χ1v) is 10.1. The Morgan fingerprint density at radius 3 is 2.92 bits per heavy atom. The van der Waals surface area contributed by atoms with E-state index in [1.807, 2.05) is 23.4 Å². The second-order valence-corrected chi connectivity index (χ2v) is 8.24. The molecule has 3 aliphatic heterocycles. The highest BCUT2D eigenvalue weighted by molar-refractivity contribution is 7.51. The van der Waals surface area contributed by atoms with Gasteiger partial charge in [0.2, 0.25) is 0 Å². The quantitative estimate of drug-likeness (QED) is 0.806. The number of aromatic amines is 1. The number of carbonyl (C=O) groups excluding carboxylic acids is 1. The maximum Gasteiger partial charge on any atom is 0.252 e. The van der Waals surface area contributed by atoms with Crippen molar-refractivity contribution in [1.29, 1.82) is 0 Å². The summed E-state index contributed by atoms with van der Waals surface area (Å²) in [5.74, 6) is 0.214. The molecule has 1 fully saturated rings. The van der Waals surface area contributed by atoms with Crippen molar-refractivity contribution in [3.63, 3.8) is 0 Å². The van der Waals surface area contributed by atoms with E-state index in [2.05, 4.69) is 51.6 Å². The lowest BCUT2D eigenvalue weighted by molar-refractivity contribution is -0.123. The van der Waals surface area contributed by atoms with Crippen molar-refractivity contribution in [2.75, 3.05) is 26.2 Å². The number of piperazine rings is 1. The highest BCUT2D eigenvalue weighted by atomic mass is 31.1. The van der Waals surface area contributed by atoms with Crippen LogP contribution >= 0.6 is 8.58 Å². The number of nitrogens with one attached hydrogen (secondary N) is 2. The van der Waals surface area contributed by atoms with Gasteiger partial charge in [-0.1, -0.05) is 20.7 Å². The predicted molar refractivity (Wildman–Crippen MR) is 107 cm³/mol. The normalized spacial score (nSPS) is 24.0. The summed E-state index contributed by atoms with van der Waals surface area (Å²) in [6.07, 6.45) is 10.2. The van der Waals surface area contributed by atoms with Crippen molar-refractivity contribution in [2.24, 2.45) is 0 Å². The smallest absolute Gasteiger partial charge is 0.252 e. The number of fused-ring (bicyclic) bond motifs is 2. The average Bonchev–Trinajstić information content (AvgIpc) is 3.16. The minimum Gasteiger partial charge on any atom is -0.368 e. The highest BCUT2D eigenvalue weighted by Crippen LogP contribution is 2.45. The van der Waals surface area contributed by atoms with Gasteiger partial charge in [-0.05, 0) is 40.5 Å². The molecule has 0 spiro atoms. The number of nitrogens with zero attached hydrogens (tertiary/aromatic N) is 2. The van der Waals surface area contributed by atoms with E-state index in [-0.39, 0.29) is 11.7 Å². The molecule has 2 N–H and O–H groups in total. The number of carbonyl (C=O) groups is 1. The van der Waals surface area contributed by atoms with Gasteiger partial charge in [0.25, 0.3) is 5.91 Å². The van der Waals surface area contributed by atoms with Crippen LogP contribution in [0.4, 0.5) is 0 Å². The summed E-state index contributed by atoms with van der Waals surface area (Å²) in [6.45, 7) is 3.97. The van der Waals surface area contributed by atoms with E-state index in [1.165, 1.54) is 5.39 Å². The van der Waals surface area contributed by atoms with Crippen molar-refractivity contribution < 1.29 is 4.79 Å².